The van der Waals surface area contributed by atoms with Crippen molar-refractivity contribution in [3.63, 3.8) is 0 Å². The first-order valence-electron chi connectivity index (χ1n) is 7.86. The highest BCUT2D eigenvalue weighted by Crippen LogP contribution is 2.15. The molecule has 1 amide bonds. The molecule has 1 aromatic carbocycles. The van der Waals surface area contributed by atoms with Gasteiger partial charge in [0.1, 0.15) is 5.60 Å². The number of carbonyl (C=O) groups excluding carboxylic acids is 1. The van der Waals surface area contributed by atoms with Gasteiger partial charge in [0, 0.05) is 25.3 Å². The first kappa shape index (κ1) is 18.3. The van der Waals surface area contributed by atoms with Crippen molar-refractivity contribution in [1.29, 1.82) is 0 Å². The van der Waals surface area contributed by atoms with E-state index in [1.807, 2.05) is 45.9 Å². The maximum atomic E-state index is 12.2. The molecule has 0 fully saturated rings. The van der Waals surface area contributed by atoms with E-state index in [1.54, 1.807) is 4.90 Å². The van der Waals surface area contributed by atoms with Gasteiger partial charge < -0.3 is 20.7 Å². The van der Waals surface area contributed by atoms with Gasteiger partial charge in [-0.3, -0.25) is 0 Å². The highest BCUT2D eigenvalue weighted by molar-refractivity contribution is 5.68. The third-order valence-corrected chi connectivity index (χ3v) is 3.04. The topological polar surface area (TPSA) is 67.6 Å². The first-order chi connectivity index (χ1) is 10.4. The Morgan fingerprint density at radius 1 is 1.36 bits per heavy atom. The van der Waals surface area contributed by atoms with Crippen LogP contribution in [0.15, 0.2) is 24.3 Å². The van der Waals surface area contributed by atoms with Crippen LogP contribution in [0, 0.1) is 0 Å². The summed E-state index contributed by atoms with van der Waals surface area (Å²) in [6.45, 7) is 10.3. The van der Waals surface area contributed by atoms with Crippen molar-refractivity contribution in [2.75, 3.05) is 25.0 Å². The predicted octanol–water partition coefficient (Wildman–Crippen LogP) is 3.20. The van der Waals surface area contributed by atoms with E-state index in [2.05, 4.69) is 11.4 Å². The van der Waals surface area contributed by atoms with Crippen LogP contribution in [0.3, 0.4) is 0 Å². The van der Waals surface area contributed by atoms with E-state index in [-0.39, 0.29) is 6.09 Å². The first-order valence-corrected chi connectivity index (χ1v) is 7.86. The molecule has 0 aromatic heterocycles. The second kappa shape index (κ2) is 8.63. The van der Waals surface area contributed by atoms with Crippen molar-refractivity contribution >= 4 is 11.8 Å². The van der Waals surface area contributed by atoms with E-state index in [0.717, 1.165) is 24.2 Å². The van der Waals surface area contributed by atoms with E-state index in [9.17, 15) is 4.79 Å². The number of anilines is 1. The van der Waals surface area contributed by atoms with Crippen molar-refractivity contribution < 1.29 is 9.53 Å². The fourth-order valence-corrected chi connectivity index (χ4v) is 1.97. The zero-order valence-electron chi connectivity index (χ0n) is 14.2. The lowest BCUT2D eigenvalue weighted by Crippen LogP contribution is -2.36. The minimum absolute atomic E-state index is 0.281. The van der Waals surface area contributed by atoms with Gasteiger partial charge >= 0.3 is 6.09 Å². The summed E-state index contributed by atoms with van der Waals surface area (Å²) in [5.41, 5.74) is 7.14. The third kappa shape index (κ3) is 6.80. The number of rotatable bonds is 7. The summed E-state index contributed by atoms with van der Waals surface area (Å²) in [5, 5.41) is 3.33. The molecule has 0 aliphatic heterocycles. The second-order valence-electron chi connectivity index (χ2n) is 6.26. The van der Waals surface area contributed by atoms with Gasteiger partial charge in [0.15, 0.2) is 0 Å². The standard InChI is InChI=1S/C17H29N3O2/c1-5-20(16(21)22-17(2,3)4)13-14-8-6-9-15(12-14)19-11-7-10-18/h6,8-9,12,19H,5,7,10-11,13,18H2,1-4H3. The lowest BCUT2D eigenvalue weighted by Gasteiger charge is -2.26. The zero-order chi connectivity index (χ0) is 16.6. The van der Waals surface area contributed by atoms with E-state index in [1.165, 1.54) is 0 Å². The molecule has 22 heavy (non-hydrogen) atoms. The van der Waals surface area contributed by atoms with Crippen molar-refractivity contribution in [3.8, 4) is 0 Å². The van der Waals surface area contributed by atoms with Crippen molar-refractivity contribution in [1.82, 2.24) is 4.90 Å². The monoisotopic (exact) mass is 307 g/mol. The average molecular weight is 307 g/mol. The maximum absolute atomic E-state index is 12.2. The number of hydrogen-bond acceptors (Lipinski definition) is 4. The summed E-state index contributed by atoms with van der Waals surface area (Å²) in [6.07, 6.45) is 0.653. The molecule has 1 rings (SSSR count). The van der Waals surface area contributed by atoms with Crippen LogP contribution < -0.4 is 11.1 Å². The molecule has 0 unspecified atom stereocenters. The van der Waals surface area contributed by atoms with Gasteiger partial charge in [-0.05, 0) is 58.4 Å². The van der Waals surface area contributed by atoms with Gasteiger partial charge in [0.2, 0.25) is 0 Å². The molecule has 0 saturated heterocycles. The lowest BCUT2D eigenvalue weighted by molar-refractivity contribution is 0.0244. The smallest absolute Gasteiger partial charge is 0.410 e. The quantitative estimate of drug-likeness (QED) is 0.759. The molecule has 0 bridgehead atoms. The van der Waals surface area contributed by atoms with Crippen molar-refractivity contribution in [2.24, 2.45) is 5.73 Å². The SMILES string of the molecule is CCN(Cc1cccc(NCCCN)c1)C(=O)OC(C)(C)C. The number of hydrogen-bond donors (Lipinski definition) is 2. The number of carbonyl (C=O) groups is 1. The molecule has 0 saturated carbocycles. The van der Waals surface area contributed by atoms with Gasteiger partial charge in [-0.1, -0.05) is 12.1 Å². The van der Waals surface area contributed by atoms with Gasteiger partial charge in [0.05, 0.1) is 0 Å². The summed E-state index contributed by atoms with van der Waals surface area (Å²) in [4.78, 5) is 13.9. The Hall–Kier alpha value is -1.75. The number of ether oxygens (including phenoxy) is 1. The molecule has 0 spiro atoms. The normalized spacial score (nSPS) is 11.1. The Labute approximate surface area is 133 Å². The minimum atomic E-state index is -0.476. The van der Waals surface area contributed by atoms with Gasteiger partial charge in [-0.2, -0.15) is 0 Å². The fraction of sp³-hybridized carbons (Fsp3) is 0.588. The fourth-order valence-electron chi connectivity index (χ4n) is 1.97. The average Bonchev–Trinajstić information content (AvgIpc) is 2.43. The van der Waals surface area contributed by atoms with E-state index < -0.39 is 5.60 Å². The number of nitrogens with one attached hydrogen (secondary N) is 1. The van der Waals surface area contributed by atoms with Crippen LogP contribution in [0.1, 0.15) is 39.7 Å². The molecule has 0 heterocycles. The molecule has 5 nitrogen and oxygen atoms in total. The third-order valence-electron chi connectivity index (χ3n) is 3.04. The Bertz CT molecular complexity index is 469. The molecule has 3 N–H and O–H groups in total. The lowest BCUT2D eigenvalue weighted by atomic mass is 10.2. The van der Waals surface area contributed by atoms with E-state index >= 15 is 0 Å². The summed E-state index contributed by atoms with van der Waals surface area (Å²) >= 11 is 0. The largest absolute Gasteiger partial charge is 0.444 e. The van der Waals surface area contributed by atoms with Gasteiger partial charge in [-0.25, -0.2) is 4.79 Å². The summed E-state index contributed by atoms with van der Waals surface area (Å²) in [5.74, 6) is 0. The van der Waals surface area contributed by atoms with Crippen molar-refractivity contribution in [3.05, 3.63) is 29.8 Å². The Kier molecular flexibility index (Phi) is 7.18. The van der Waals surface area contributed by atoms with Gasteiger partial charge in [-0.15, -0.1) is 0 Å². The van der Waals surface area contributed by atoms with E-state index in [0.29, 0.717) is 19.6 Å². The Morgan fingerprint density at radius 2 is 2.09 bits per heavy atom. The van der Waals surface area contributed by atoms with Gasteiger partial charge in [0.25, 0.3) is 0 Å². The molecule has 0 aliphatic rings. The van der Waals surface area contributed by atoms with Crippen LogP contribution >= 0.6 is 0 Å². The molecule has 5 heteroatoms. The van der Waals surface area contributed by atoms with Crippen molar-refractivity contribution in [2.45, 2.75) is 46.3 Å². The molecule has 124 valence electrons. The molecular formula is C17H29N3O2. The number of amides is 1. The number of nitrogens with zero attached hydrogens (tertiary/aromatic N) is 1. The predicted molar refractivity (Wildman–Crippen MR) is 90.9 cm³/mol. The Morgan fingerprint density at radius 3 is 2.68 bits per heavy atom. The summed E-state index contributed by atoms with van der Waals surface area (Å²) in [7, 11) is 0. The van der Waals surface area contributed by atoms with E-state index in [4.69, 9.17) is 10.5 Å². The highest BCUT2D eigenvalue weighted by Gasteiger charge is 2.21. The number of benzene rings is 1. The molecule has 0 aliphatic carbocycles. The van der Waals surface area contributed by atoms with Crippen LogP contribution in [-0.2, 0) is 11.3 Å². The number of nitrogens with two attached hydrogens (primary N) is 1. The summed E-state index contributed by atoms with van der Waals surface area (Å²) in [6, 6.07) is 8.08. The van der Waals surface area contributed by atoms with Crippen LogP contribution in [0.4, 0.5) is 10.5 Å². The van der Waals surface area contributed by atoms with Crippen LogP contribution in [0.5, 0.6) is 0 Å². The summed E-state index contributed by atoms with van der Waals surface area (Å²) < 4.78 is 5.43. The van der Waals surface area contributed by atoms with Crippen LogP contribution in [-0.4, -0.2) is 36.2 Å². The maximum Gasteiger partial charge on any atom is 0.410 e. The van der Waals surface area contributed by atoms with Crippen LogP contribution in [0.25, 0.3) is 0 Å². The molecular weight excluding hydrogens is 278 g/mol. The molecule has 0 atom stereocenters. The van der Waals surface area contributed by atoms with Crippen LogP contribution in [0.2, 0.25) is 0 Å². The second-order valence-corrected chi connectivity index (χ2v) is 6.26. The Balaban J connectivity index is 2.66. The zero-order valence-corrected chi connectivity index (χ0v) is 14.2. The molecule has 1 aromatic rings. The molecule has 0 radical (unpaired) electrons. The highest BCUT2D eigenvalue weighted by atomic mass is 16.6. The minimum Gasteiger partial charge on any atom is -0.444 e.